The zero-order valence-corrected chi connectivity index (χ0v) is 14.5. The Balaban J connectivity index is 2.46. The first-order chi connectivity index (χ1) is 10.0. The molecule has 110 valence electrons. The molecule has 0 spiro atoms. The predicted octanol–water partition coefficient (Wildman–Crippen LogP) is 5.29. The Labute approximate surface area is 141 Å². The lowest BCUT2D eigenvalue weighted by Gasteiger charge is -2.14. The molecule has 0 aliphatic carbocycles. The van der Waals surface area contributed by atoms with E-state index in [1.54, 1.807) is 30.0 Å². The minimum Gasteiger partial charge on any atom is -0.455 e. The van der Waals surface area contributed by atoms with Crippen molar-refractivity contribution in [1.29, 1.82) is 5.41 Å². The van der Waals surface area contributed by atoms with Crippen molar-refractivity contribution in [2.45, 2.75) is 11.8 Å². The lowest BCUT2D eigenvalue weighted by molar-refractivity contribution is 0.480. The number of thioether (sulfide) groups is 1. The summed E-state index contributed by atoms with van der Waals surface area (Å²) < 4.78 is 6.74. The van der Waals surface area contributed by atoms with E-state index in [2.05, 4.69) is 15.9 Å². The van der Waals surface area contributed by atoms with Gasteiger partial charge in [-0.15, -0.1) is 11.8 Å². The minimum absolute atomic E-state index is 0.0207. The van der Waals surface area contributed by atoms with Gasteiger partial charge in [0.2, 0.25) is 0 Å². The zero-order chi connectivity index (χ0) is 15.4. The average molecular weight is 386 g/mol. The number of ether oxygens (including phenoxy) is 1. The molecule has 0 unspecified atom stereocenters. The lowest BCUT2D eigenvalue weighted by atomic mass is 10.2. The summed E-state index contributed by atoms with van der Waals surface area (Å²) in [7, 11) is 0. The highest BCUT2D eigenvalue weighted by molar-refractivity contribution is 9.10. The average Bonchev–Trinajstić information content (AvgIpc) is 2.43. The van der Waals surface area contributed by atoms with Gasteiger partial charge < -0.3 is 10.5 Å². The van der Waals surface area contributed by atoms with Crippen LogP contribution in [0.2, 0.25) is 5.02 Å². The Kier molecular flexibility index (Phi) is 5.56. The van der Waals surface area contributed by atoms with Gasteiger partial charge in [-0.1, -0.05) is 40.5 Å². The van der Waals surface area contributed by atoms with E-state index in [4.69, 9.17) is 27.5 Å². The molecule has 0 atom stereocenters. The van der Waals surface area contributed by atoms with Gasteiger partial charge in [-0.25, -0.2) is 0 Å². The van der Waals surface area contributed by atoms with Crippen LogP contribution in [-0.2, 0) is 0 Å². The molecule has 0 fully saturated rings. The number of amidine groups is 1. The third-order valence-corrected chi connectivity index (χ3v) is 4.42. The number of nitrogens with two attached hydrogens (primary N) is 1. The van der Waals surface area contributed by atoms with E-state index in [1.165, 1.54) is 0 Å². The molecule has 0 saturated heterocycles. The van der Waals surface area contributed by atoms with Crippen LogP contribution in [-0.4, -0.2) is 11.6 Å². The first-order valence-corrected chi connectivity index (χ1v) is 8.41. The van der Waals surface area contributed by atoms with Crippen LogP contribution >= 0.6 is 39.3 Å². The normalized spacial score (nSPS) is 10.4. The van der Waals surface area contributed by atoms with Gasteiger partial charge in [0.1, 0.15) is 17.3 Å². The highest BCUT2D eigenvalue weighted by Crippen LogP contribution is 2.36. The van der Waals surface area contributed by atoms with Crippen LogP contribution in [0.5, 0.6) is 11.5 Å². The van der Waals surface area contributed by atoms with E-state index in [9.17, 15) is 0 Å². The van der Waals surface area contributed by atoms with Gasteiger partial charge in [-0.05, 0) is 36.1 Å². The SMILES string of the molecule is CCSc1cccc(Oc2cc(Br)ccc2Cl)c1C(=N)N. The minimum atomic E-state index is -0.0207. The fourth-order valence-corrected chi connectivity index (χ4v) is 3.15. The van der Waals surface area contributed by atoms with E-state index < -0.39 is 0 Å². The van der Waals surface area contributed by atoms with Gasteiger partial charge in [-0.3, -0.25) is 5.41 Å². The molecule has 3 N–H and O–H groups in total. The van der Waals surface area contributed by atoms with Crippen molar-refractivity contribution >= 4 is 45.1 Å². The smallest absolute Gasteiger partial charge is 0.147 e. The number of benzene rings is 2. The van der Waals surface area contributed by atoms with E-state index in [0.29, 0.717) is 22.1 Å². The molecule has 0 radical (unpaired) electrons. The number of halogens is 2. The number of nitrogen functional groups attached to an aromatic ring is 1. The van der Waals surface area contributed by atoms with Gasteiger partial charge in [-0.2, -0.15) is 0 Å². The van der Waals surface area contributed by atoms with Crippen molar-refractivity contribution in [2.24, 2.45) is 5.73 Å². The second-order valence-corrected chi connectivity index (χ2v) is 6.78. The molecular formula is C15H14BrClN2OS. The van der Waals surface area contributed by atoms with Crippen molar-refractivity contribution < 1.29 is 4.74 Å². The summed E-state index contributed by atoms with van der Waals surface area (Å²) in [4.78, 5) is 0.925. The molecule has 0 aliphatic heterocycles. The van der Waals surface area contributed by atoms with Crippen LogP contribution in [0.25, 0.3) is 0 Å². The molecule has 6 heteroatoms. The summed E-state index contributed by atoms with van der Waals surface area (Å²) in [5.41, 5.74) is 6.31. The number of hydrogen-bond acceptors (Lipinski definition) is 3. The van der Waals surface area contributed by atoms with Crippen molar-refractivity contribution in [3.8, 4) is 11.5 Å². The van der Waals surface area contributed by atoms with Crippen molar-refractivity contribution in [1.82, 2.24) is 0 Å². The fourth-order valence-electron chi connectivity index (χ4n) is 1.81. The summed E-state index contributed by atoms with van der Waals surface area (Å²) in [6.07, 6.45) is 0. The van der Waals surface area contributed by atoms with Crippen LogP contribution in [0, 0.1) is 5.41 Å². The second-order valence-electron chi connectivity index (χ2n) is 4.15. The Morgan fingerprint density at radius 1 is 1.33 bits per heavy atom. The Morgan fingerprint density at radius 3 is 2.76 bits per heavy atom. The number of nitrogens with one attached hydrogen (secondary N) is 1. The molecule has 21 heavy (non-hydrogen) atoms. The molecule has 0 saturated carbocycles. The topological polar surface area (TPSA) is 59.1 Å². The van der Waals surface area contributed by atoms with Crippen LogP contribution in [0.3, 0.4) is 0 Å². The maximum atomic E-state index is 7.80. The Hall–Kier alpha value is -1.17. The van der Waals surface area contributed by atoms with Gasteiger partial charge in [0.15, 0.2) is 0 Å². The second kappa shape index (κ2) is 7.20. The Bertz CT molecular complexity index is 679. The van der Waals surface area contributed by atoms with E-state index in [-0.39, 0.29) is 5.84 Å². The van der Waals surface area contributed by atoms with Gasteiger partial charge in [0.25, 0.3) is 0 Å². The molecule has 2 aromatic rings. The first kappa shape index (κ1) is 16.2. The molecule has 2 aromatic carbocycles. The molecule has 3 nitrogen and oxygen atoms in total. The molecular weight excluding hydrogens is 372 g/mol. The van der Waals surface area contributed by atoms with E-state index >= 15 is 0 Å². The summed E-state index contributed by atoms with van der Waals surface area (Å²) >= 11 is 11.1. The van der Waals surface area contributed by atoms with Crippen molar-refractivity contribution in [2.75, 3.05) is 5.75 Å². The van der Waals surface area contributed by atoms with Crippen LogP contribution in [0.1, 0.15) is 12.5 Å². The molecule has 0 bridgehead atoms. The van der Waals surface area contributed by atoms with Crippen molar-refractivity contribution in [3.63, 3.8) is 0 Å². The standard InChI is InChI=1S/C15H14BrClN2OS/c1-2-21-13-5-3-4-11(14(13)15(18)19)20-12-8-9(16)6-7-10(12)17/h3-8H,2H2,1H3,(H3,18,19). The van der Waals surface area contributed by atoms with Crippen molar-refractivity contribution in [3.05, 3.63) is 51.5 Å². The quantitative estimate of drug-likeness (QED) is 0.417. The molecule has 0 aliphatic rings. The summed E-state index contributed by atoms with van der Waals surface area (Å²) in [6, 6.07) is 11.0. The van der Waals surface area contributed by atoms with E-state index in [1.807, 2.05) is 25.1 Å². The van der Waals surface area contributed by atoms with Crippen LogP contribution < -0.4 is 10.5 Å². The van der Waals surface area contributed by atoms with Crippen LogP contribution in [0.15, 0.2) is 45.8 Å². The molecule has 2 rings (SSSR count). The van der Waals surface area contributed by atoms with Gasteiger partial charge in [0, 0.05) is 9.37 Å². The fraction of sp³-hybridized carbons (Fsp3) is 0.133. The third kappa shape index (κ3) is 3.93. The lowest BCUT2D eigenvalue weighted by Crippen LogP contribution is -2.13. The zero-order valence-electron chi connectivity index (χ0n) is 11.3. The first-order valence-electron chi connectivity index (χ1n) is 6.26. The molecule has 0 amide bonds. The number of rotatable bonds is 5. The molecule has 0 aromatic heterocycles. The highest BCUT2D eigenvalue weighted by Gasteiger charge is 2.14. The summed E-state index contributed by atoms with van der Waals surface area (Å²) in [5.74, 6) is 1.92. The van der Waals surface area contributed by atoms with Gasteiger partial charge in [0.05, 0.1) is 10.6 Å². The predicted molar refractivity (Wildman–Crippen MR) is 93.1 cm³/mol. The van der Waals surface area contributed by atoms with Gasteiger partial charge >= 0.3 is 0 Å². The Morgan fingerprint density at radius 2 is 2.10 bits per heavy atom. The number of hydrogen-bond donors (Lipinski definition) is 2. The molecule has 0 heterocycles. The summed E-state index contributed by atoms with van der Waals surface area (Å²) in [5, 5.41) is 8.30. The third-order valence-electron chi connectivity index (χ3n) is 2.67. The van der Waals surface area contributed by atoms with E-state index in [0.717, 1.165) is 15.1 Å². The highest BCUT2D eigenvalue weighted by atomic mass is 79.9. The monoisotopic (exact) mass is 384 g/mol. The summed E-state index contributed by atoms with van der Waals surface area (Å²) in [6.45, 7) is 2.05. The maximum Gasteiger partial charge on any atom is 0.147 e. The largest absolute Gasteiger partial charge is 0.455 e. The van der Waals surface area contributed by atoms with Crippen LogP contribution in [0.4, 0.5) is 0 Å². The maximum absolute atomic E-state index is 7.80.